The lowest BCUT2D eigenvalue weighted by Crippen LogP contribution is -2.37. The number of benzene rings is 1. The minimum absolute atomic E-state index is 0.00820. The molecule has 1 aliphatic carbocycles. The van der Waals surface area contributed by atoms with Crippen LogP contribution in [0.4, 0.5) is 0 Å². The van der Waals surface area contributed by atoms with Gasteiger partial charge in [0.25, 0.3) is 0 Å². The number of hydrogen-bond donors (Lipinski definition) is 3. The number of rotatable bonds is 4. The Morgan fingerprint density at radius 1 is 1.22 bits per heavy atom. The van der Waals surface area contributed by atoms with Crippen molar-refractivity contribution < 1.29 is 10.2 Å². The molecule has 3 heteroatoms. The lowest BCUT2D eigenvalue weighted by molar-refractivity contribution is 0.253. The fourth-order valence-corrected chi connectivity index (χ4v) is 2.93. The van der Waals surface area contributed by atoms with Gasteiger partial charge >= 0.3 is 0 Å². The molecule has 0 amide bonds. The summed E-state index contributed by atoms with van der Waals surface area (Å²) in [5.74, 6) is 0.719. The molecule has 1 aromatic rings. The highest BCUT2D eigenvalue weighted by molar-refractivity contribution is 5.44. The lowest BCUT2D eigenvalue weighted by atomic mass is 9.83. The van der Waals surface area contributed by atoms with Crippen LogP contribution in [0.25, 0.3) is 0 Å². The van der Waals surface area contributed by atoms with Gasteiger partial charge in [-0.05, 0) is 24.8 Å². The molecule has 0 heterocycles. The van der Waals surface area contributed by atoms with E-state index in [1.165, 1.54) is 38.2 Å². The molecule has 2 rings (SSSR count). The summed E-state index contributed by atoms with van der Waals surface area (Å²) in [5.41, 5.74) is 0.774. The molecule has 0 bridgehead atoms. The maximum absolute atomic E-state index is 9.76. The standard InChI is InChI=1S/C15H23NO2/c1-2-11-6-3-4-8-13(11)16-10-12-7-5-9-14(17)15(12)18/h5,7,9,11,13,16-18H,2-4,6,8,10H2,1H3. The maximum Gasteiger partial charge on any atom is 0.161 e. The summed E-state index contributed by atoms with van der Waals surface area (Å²) in [6, 6.07) is 5.68. The topological polar surface area (TPSA) is 52.5 Å². The van der Waals surface area contributed by atoms with Crippen LogP contribution in [0.1, 0.15) is 44.6 Å². The van der Waals surface area contributed by atoms with Crippen LogP contribution in [-0.2, 0) is 6.54 Å². The minimum atomic E-state index is -0.0371. The Labute approximate surface area is 109 Å². The van der Waals surface area contributed by atoms with Crippen molar-refractivity contribution in [2.75, 3.05) is 0 Å². The van der Waals surface area contributed by atoms with E-state index < -0.39 is 0 Å². The number of para-hydroxylation sites is 1. The van der Waals surface area contributed by atoms with Gasteiger partial charge in [-0.3, -0.25) is 0 Å². The number of aromatic hydroxyl groups is 2. The van der Waals surface area contributed by atoms with Gasteiger partial charge in [0.2, 0.25) is 0 Å². The van der Waals surface area contributed by atoms with Crippen LogP contribution in [0, 0.1) is 5.92 Å². The largest absolute Gasteiger partial charge is 0.504 e. The predicted molar refractivity (Wildman–Crippen MR) is 72.6 cm³/mol. The van der Waals surface area contributed by atoms with E-state index >= 15 is 0 Å². The molecule has 1 aromatic carbocycles. The van der Waals surface area contributed by atoms with Crippen LogP contribution >= 0.6 is 0 Å². The SMILES string of the molecule is CCC1CCCCC1NCc1cccc(O)c1O. The lowest BCUT2D eigenvalue weighted by Gasteiger charge is -2.31. The number of nitrogens with one attached hydrogen (secondary N) is 1. The molecular formula is C15H23NO2. The quantitative estimate of drug-likeness (QED) is 0.718. The Bertz CT molecular complexity index is 392. The van der Waals surface area contributed by atoms with Crippen molar-refractivity contribution in [3.8, 4) is 11.5 Å². The predicted octanol–water partition coefficient (Wildman–Crippen LogP) is 3.16. The van der Waals surface area contributed by atoms with Crippen LogP contribution in [0.2, 0.25) is 0 Å². The molecule has 1 fully saturated rings. The zero-order valence-electron chi connectivity index (χ0n) is 11.0. The van der Waals surface area contributed by atoms with E-state index in [0.717, 1.165) is 11.5 Å². The first kappa shape index (κ1) is 13.2. The Balaban J connectivity index is 1.96. The van der Waals surface area contributed by atoms with Gasteiger partial charge in [-0.1, -0.05) is 38.3 Å². The molecule has 0 spiro atoms. The molecule has 2 unspecified atom stereocenters. The molecule has 3 N–H and O–H groups in total. The van der Waals surface area contributed by atoms with E-state index in [0.29, 0.717) is 12.6 Å². The number of phenolic OH excluding ortho intramolecular Hbond substituents is 2. The van der Waals surface area contributed by atoms with E-state index in [1.807, 2.05) is 6.07 Å². The zero-order chi connectivity index (χ0) is 13.0. The summed E-state index contributed by atoms with van der Waals surface area (Å²) in [7, 11) is 0. The Morgan fingerprint density at radius 2 is 2.00 bits per heavy atom. The van der Waals surface area contributed by atoms with E-state index in [-0.39, 0.29) is 11.5 Å². The van der Waals surface area contributed by atoms with Gasteiger partial charge in [-0.2, -0.15) is 0 Å². The smallest absolute Gasteiger partial charge is 0.161 e. The van der Waals surface area contributed by atoms with Crippen molar-refractivity contribution in [1.29, 1.82) is 0 Å². The van der Waals surface area contributed by atoms with E-state index in [4.69, 9.17) is 0 Å². The van der Waals surface area contributed by atoms with Crippen molar-refractivity contribution in [1.82, 2.24) is 5.32 Å². The molecule has 1 saturated carbocycles. The third-order valence-electron chi connectivity index (χ3n) is 4.09. The third kappa shape index (κ3) is 2.96. The van der Waals surface area contributed by atoms with Crippen molar-refractivity contribution >= 4 is 0 Å². The molecule has 18 heavy (non-hydrogen) atoms. The highest BCUT2D eigenvalue weighted by Gasteiger charge is 2.23. The fourth-order valence-electron chi connectivity index (χ4n) is 2.93. The molecule has 0 saturated heterocycles. The Kier molecular flexibility index (Phi) is 4.48. The second-order valence-corrected chi connectivity index (χ2v) is 5.23. The molecule has 0 aliphatic heterocycles. The van der Waals surface area contributed by atoms with Gasteiger partial charge < -0.3 is 15.5 Å². The molecule has 1 aliphatic rings. The van der Waals surface area contributed by atoms with Crippen LogP contribution < -0.4 is 5.32 Å². The van der Waals surface area contributed by atoms with Crippen LogP contribution in [0.15, 0.2) is 18.2 Å². The van der Waals surface area contributed by atoms with Crippen LogP contribution in [0.5, 0.6) is 11.5 Å². The van der Waals surface area contributed by atoms with Crippen molar-refractivity contribution in [2.45, 2.75) is 51.6 Å². The average Bonchev–Trinajstić information content (AvgIpc) is 2.41. The van der Waals surface area contributed by atoms with Crippen molar-refractivity contribution in [2.24, 2.45) is 5.92 Å². The van der Waals surface area contributed by atoms with Gasteiger partial charge in [0.05, 0.1) is 0 Å². The van der Waals surface area contributed by atoms with E-state index in [9.17, 15) is 10.2 Å². The highest BCUT2D eigenvalue weighted by atomic mass is 16.3. The fraction of sp³-hybridized carbons (Fsp3) is 0.600. The van der Waals surface area contributed by atoms with Gasteiger partial charge in [0.15, 0.2) is 11.5 Å². The average molecular weight is 249 g/mol. The minimum Gasteiger partial charge on any atom is -0.504 e. The maximum atomic E-state index is 9.76. The monoisotopic (exact) mass is 249 g/mol. The molecule has 2 atom stereocenters. The van der Waals surface area contributed by atoms with Gasteiger partial charge in [0, 0.05) is 18.2 Å². The van der Waals surface area contributed by atoms with Crippen LogP contribution in [-0.4, -0.2) is 16.3 Å². The molecule has 0 radical (unpaired) electrons. The van der Waals surface area contributed by atoms with E-state index in [1.54, 1.807) is 6.07 Å². The summed E-state index contributed by atoms with van der Waals surface area (Å²) in [6.07, 6.45) is 6.37. The number of phenols is 2. The molecule has 0 aromatic heterocycles. The van der Waals surface area contributed by atoms with Crippen molar-refractivity contribution in [3.05, 3.63) is 23.8 Å². The summed E-state index contributed by atoms with van der Waals surface area (Å²) in [5, 5.41) is 22.8. The van der Waals surface area contributed by atoms with Gasteiger partial charge in [-0.25, -0.2) is 0 Å². The van der Waals surface area contributed by atoms with Gasteiger partial charge in [0.1, 0.15) is 0 Å². The first-order chi connectivity index (χ1) is 8.72. The highest BCUT2D eigenvalue weighted by Crippen LogP contribution is 2.30. The summed E-state index contributed by atoms with van der Waals surface area (Å²) in [4.78, 5) is 0. The molecule has 3 nitrogen and oxygen atoms in total. The first-order valence-corrected chi connectivity index (χ1v) is 6.95. The zero-order valence-corrected chi connectivity index (χ0v) is 11.0. The second kappa shape index (κ2) is 6.10. The third-order valence-corrected chi connectivity index (χ3v) is 4.09. The normalized spacial score (nSPS) is 24.1. The summed E-state index contributed by atoms with van der Waals surface area (Å²) in [6.45, 7) is 2.87. The molecular weight excluding hydrogens is 226 g/mol. The Hall–Kier alpha value is -1.22. The molecule has 100 valence electrons. The summed E-state index contributed by atoms with van der Waals surface area (Å²) >= 11 is 0. The summed E-state index contributed by atoms with van der Waals surface area (Å²) < 4.78 is 0. The first-order valence-electron chi connectivity index (χ1n) is 6.95. The van der Waals surface area contributed by atoms with Crippen LogP contribution in [0.3, 0.4) is 0 Å². The second-order valence-electron chi connectivity index (χ2n) is 5.23. The van der Waals surface area contributed by atoms with E-state index in [2.05, 4.69) is 12.2 Å². The Morgan fingerprint density at radius 3 is 2.78 bits per heavy atom. The van der Waals surface area contributed by atoms with Gasteiger partial charge in [-0.15, -0.1) is 0 Å². The van der Waals surface area contributed by atoms with Crippen molar-refractivity contribution in [3.63, 3.8) is 0 Å². The number of hydrogen-bond acceptors (Lipinski definition) is 3.